The molecule has 0 fully saturated rings. The highest BCUT2D eigenvalue weighted by molar-refractivity contribution is 9.10. The average molecular weight is 296 g/mol. The molecule has 5 heteroatoms. The van der Waals surface area contributed by atoms with Crippen molar-refractivity contribution in [2.75, 3.05) is 0 Å². The molecule has 0 spiro atoms. The Hall–Kier alpha value is -1.62. The van der Waals surface area contributed by atoms with Crippen LogP contribution in [0, 0.1) is 0 Å². The number of aryl methyl sites for hydroxylation is 1. The molecule has 0 amide bonds. The average Bonchev–Trinajstić information content (AvgIpc) is 2.75. The SMILES string of the molecule is O=C(O)CCc1nocc1-c1ccc(Br)cc1. The molecule has 0 unspecified atom stereocenters. The molecule has 0 saturated heterocycles. The lowest BCUT2D eigenvalue weighted by Crippen LogP contribution is -1.98. The molecular weight excluding hydrogens is 286 g/mol. The monoisotopic (exact) mass is 295 g/mol. The van der Waals surface area contributed by atoms with E-state index in [0.29, 0.717) is 12.1 Å². The molecule has 0 aliphatic heterocycles. The second-order valence-corrected chi connectivity index (χ2v) is 4.49. The third kappa shape index (κ3) is 2.94. The van der Waals surface area contributed by atoms with Gasteiger partial charge in [0, 0.05) is 16.5 Å². The van der Waals surface area contributed by atoms with Gasteiger partial charge in [0.25, 0.3) is 0 Å². The van der Waals surface area contributed by atoms with Crippen LogP contribution in [0.4, 0.5) is 0 Å². The zero-order valence-electron chi connectivity index (χ0n) is 8.89. The smallest absolute Gasteiger partial charge is 0.303 e. The fourth-order valence-electron chi connectivity index (χ4n) is 1.53. The van der Waals surface area contributed by atoms with Gasteiger partial charge in [0.05, 0.1) is 12.1 Å². The molecule has 2 rings (SSSR count). The van der Waals surface area contributed by atoms with Gasteiger partial charge in [-0.1, -0.05) is 33.2 Å². The van der Waals surface area contributed by atoms with E-state index in [1.54, 1.807) is 6.26 Å². The quantitative estimate of drug-likeness (QED) is 0.941. The van der Waals surface area contributed by atoms with Gasteiger partial charge in [-0.2, -0.15) is 0 Å². The van der Waals surface area contributed by atoms with Crippen LogP contribution in [0.2, 0.25) is 0 Å². The van der Waals surface area contributed by atoms with Crippen molar-refractivity contribution in [3.05, 3.63) is 40.7 Å². The van der Waals surface area contributed by atoms with E-state index < -0.39 is 5.97 Å². The Morgan fingerprint density at radius 3 is 2.71 bits per heavy atom. The van der Waals surface area contributed by atoms with Gasteiger partial charge in [-0.15, -0.1) is 0 Å². The molecule has 88 valence electrons. The van der Waals surface area contributed by atoms with Gasteiger partial charge in [-0.05, 0) is 17.7 Å². The Kier molecular flexibility index (Phi) is 3.58. The number of aromatic nitrogens is 1. The summed E-state index contributed by atoms with van der Waals surface area (Å²) in [4.78, 5) is 10.5. The van der Waals surface area contributed by atoms with Crippen LogP contribution in [-0.2, 0) is 11.2 Å². The van der Waals surface area contributed by atoms with Gasteiger partial charge in [0.15, 0.2) is 0 Å². The first kappa shape index (κ1) is 11.9. The van der Waals surface area contributed by atoms with E-state index in [9.17, 15) is 4.79 Å². The van der Waals surface area contributed by atoms with Crippen molar-refractivity contribution in [2.45, 2.75) is 12.8 Å². The van der Waals surface area contributed by atoms with Crippen LogP contribution in [0.5, 0.6) is 0 Å². The molecule has 1 aromatic carbocycles. The molecule has 0 atom stereocenters. The molecule has 17 heavy (non-hydrogen) atoms. The molecule has 0 aliphatic carbocycles. The summed E-state index contributed by atoms with van der Waals surface area (Å²) in [7, 11) is 0. The Balaban J connectivity index is 2.24. The number of carboxylic acid groups (broad SMARTS) is 1. The Bertz CT molecular complexity index is 519. The van der Waals surface area contributed by atoms with Crippen LogP contribution in [-0.4, -0.2) is 16.2 Å². The van der Waals surface area contributed by atoms with Crippen LogP contribution in [0.3, 0.4) is 0 Å². The number of benzene rings is 1. The lowest BCUT2D eigenvalue weighted by molar-refractivity contribution is -0.136. The van der Waals surface area contributed by atoms with Crippen LogP contribution >= 0.6 is 15.9 Å². The first-order valence-electron chi connectivity index (χ1n) is 5.08. The van der Waals surface area contributed by atoms with Crippen molar-refractivity contribution in [3.8, 4) is 11.1 Å². The number of carbonyl (C=O) groups is 1. The molecule has 4 nitrogen and oxygen atoms in total. The molecule has 1 N–H and O–H groups in total. The number of aliphatic carboxylic acids is 1. The summed E-state index contributed by atoms with van der Waals surface area (Å²) in [6, 6.07) is 7.70. The number of rotatable bonds is 4. The highest BCUT2D eigenvalue weighted by atomic mass is 79.9. The van der Waals surface area contributed by atoms with E-state index in [1.165, 1.54) is 0 Å². The zero-order chi connectivity index (χ0) is 12.3. The van der Waals surface area contributed by atoms with E-state index >= 15 is 0 Å². The Labute approximate surface area is 106 Å². The second kappa shape index (κ2) is 5.14. The number of carboxylic acids is 1. The van der Waals surface area contributed by atoms with Crippen molar-refractivity contribution in [2.24, 2.45) is 0 Å². The fourth-order valence-corrected chi connectivity index (χ4v) is 1.79. The van der Waals surface area contributed by atoms with Gasteiger partial charge in [0.1, 0.15) is 6.26 Å². The predicted molar refractivity (Wildman–Crippen MR) is 65.6 cm³/mol. The van der Waals surface area contributed by atoms with Crippen molar-refractivity contribution >= 4 is 21.9 Å². The van der Waals surface area contributed by atoms with Gasteiger partial charge >= 0.3 is 5.97 Å². The summed E-state index contributed by atoms with van der Waals surface area (Å²) in [5.41, 5.74) is 2.49. The normalized spacial score (nSPS) is 10.4. The summed E-state index contributed by atoms with van der Waals surface area (Å²) in [6.45, 7) is 0. The molecule has 0 aliphatic rings. The number of halogens is 1. The number of hydrogen-bond donors (Lipinski definition) is 1. The minimum absolute atomic E-state index is 0.0516. The third-order valence-corrected chi connectivity index (χ3v) is 2.90. The van der Waals surface area contributed by atoms with Gasteiger partial charge in [0.2, 0.25) is 0 Å². The largest absolute Gasteiger partial charge is 0.481 e. The summed E-state index contributed by atoms with van der Waals surface area (Å²) in [5, 5.41) is 12.5. The maximum Gasteiger partial charge on any atom is 0.303 e. The summed E-state index contributed by atoms with van der Waals surface area (Å²) in [6.07, 6.45) is 1.97. The minimum atomic E-state index is -0.838. The van der Waals surface area contributed by atoms with E-state index in [-0.39, 0.29) is 6.42 Å². The minimum Gasteiger partial charge on any atom is -0.481 e. The van der Waals surface area contributed by atoms with Gasteiger partial charge < -0.3 is 9.63 Å². The van der Waals surface area contributed by atoms with E-state index in [1.807, 2.05) is 24.3 Å². The summed E-state index contributed by atoms with van der Waals surface area (Å²) >= 11 is 3.36. The lowest BCUT2D eigenvalue weighted by Gasteiger charge is -2.00. The first-order chi connectivity index (χ1) is 8.16. The topological polar surface area (TPSA) is 63.3 Å². The fraction of sp³-hybridized carbons (Fsp3) is 0.167. The standard InChI is InChI=1S/C12H10BrNO3/c13-9-3-1-8(2-4-9)10-7-17-14-11(10)5-6-12(15)16/h1-4,7H,5-6H2,(H,15,16). The van der Waals surface area contributed by atoms with Crippen molar-refractivity contribution in [3.63, 3.8) is 0 Å². The molecule has 0 radical (unpaired) electrons. The molecular formula is C12H10BrNO3. The highest BCUT2D eigenvalue weighted by Crippen LogP contribution is 2.25. The molecule has 1 heterocycles. The summed E-state index contributed by atoms with van der Waals surface area (Å²) < 4.78 is 5.90. The van der Waals surface area contributed by atoms with E-state index in [4.69, 9.17) is 9.63 Å². The molecule has 1 aromatic heterocycles. The van der Waals surface area contributed by atoms with Crippen molar-refractivity contribution in [1.82, 2.24) is 5.16 Å². The van der Waals surface area contributed by atoms with E-state index in [2.05, 4.69) is 21.1 Å². The third-order valence-electron chi connectivity index (χ3n) is 2.38. The van der Waals surface area contributed by atoms with Gasteiger partial charge in [-0.3, -0.25) is 4.79 Å². The zero-order valence-corrected chi connectivity index (χ0v) is 10.5. The molecule has 0 bridgehead atoms. The maximum atomic E-state index is 10.5. The molecule has 2 aromatic rings. The van der Waals surface area contributed by atoms with E-state index in [0.717, 1.165) is 15.6 Å². The number of hydrogen-bond acceptors (Lipinski definition) is 3. The van der Waals surface area contributed by atoms with Gasteiger partial charge in [-0.25, -0.2) is 0 Å². The number of nitrogens with zero attached hydrogens (tertiary/aromatic N) is 1. The highest BCUT2D eigenvalue weighted by Gasteiger charge is 2.11. The first-order valence-corrected chi connectivity index (χ1v) is 5.87. The van der Waals surface area contributed by atoms with Crippen molar-refractivity contribution < 1.29 is 14.4 Å². The van der Waals surface area contributed by atoms with Crippen LogP contribution in [0.1, 0.15) is 12.1 Å². The Morgan fingerprint density at radius 2 is 2.06 bits per heavy atom. The second-order valence-electron chi connectivity index (χ2n) is 3.58. The summed E-state index contributed by atoms with van der Waals surface area (Å²) in [5.74, 6) is -0.838. The molecule has 0 saturated carbocycles. The lowest BCUT2D eigenvalue weighted by atomic mass is 10.0. The van der Waals surface area contributed by atoms with Crippen LogP contribution in [0.15, 0.2) is 39.5 Å². The van der Waals surface area contributed by atoms with Crippen molar-refractivity contribution in [1.29, 1.82) is 0 Å². The van der Waals surface area contributed by atoms with Crippen LogP contribution in [0.25, 0.3) is 11.1 Å². The van der Waals surface area contributed by atoms with Crippen LogP contribution < -0.4 is 0 Å². The Morgan fingerprint density at radius 1 is 1.35 bits per heavy atom. The maximum absolute atomic E-state index is 10.5. The predicted octanol–water partition coefficient (Wildman–Crippen LogP) is 3.12.